The normalized spacial score (nSPS) is 22.6. The van der Waals surface area contributed by atoms with Gasteiger partial charge in [-0.15, -0.1) is 0 Å². The second-order valence-electron chi connectivity index (χ2n) is 10.0. The van der Waals surface area contributed by atoms with Gasteiger partial charge in [-0.05, 0) is 43.0 Å². The molecule has 0 radical (unpaired) electrons. The molecule has 0 N–H and O–H groups in total. The molecule has 4 heterocycles. The molecule has 1 amide bonds. The number of aromatic nitrogens is 1. The van der Waals surface area contributed by atoms with Crippen molar-refractivity contribution in [3.05, 3.63) is 77.3 Å². The number of fused-ring (bicyclic) bond motifs is 1. The summed E-state index contributed by atoms with van der Waals surface area (Å²) < 4.78 is 11.9. The Balaban J connectivity index is 1.27. The van der Waals surface area contributed by atoms with Gasteiger partial charge in [-0.2, -0.15) is 0 Å². The Morgan fingerprint density at radius 2 is 1.86 bits per heavy atom. The third kappa shape index (κ3) is 4.49. The maximum absolute atomic E-state index is 13.4. The molecule has 2 aliphatic heterocycles. The van der Waals surface area contributed by atoms with Crippen LogP contribution in [-0.2, 0) is 16.0 Å². The van der Waals surface area contributed by atoms with Crippen molar-refractivity contribution in [2.45, 2.75) is 31.1 Å². The zero-order chi connectivity index (χ0) is 24.5. The number of furan rings is 1. The first kappa shape index (κ1) is 23.1. The number of hydrogen-bond donors (Lipinski definition) is 0. The van der Waals surface area contributed by atoms with Crippen LogP contribution < -0.4 is 0 Å². The lowest BCUT2D eigenvalue weighted by atomic mass is 9.90. The molecule has 2 atom stereocenters. The summed E-state index contributed by atoms with van der Waals surface area (Å²) in [5.74, 6) is 1.79. The summed E-state index contributed by atoms with van der Waals surface area (Å²) in [4.78, 5) is 34.8. The van der Waals surface area contributed by atoms with Crippen LogP contribution in [0.25, 0.3) is 11.3 Å². The van der Waals surface area contributed by atoms with E-state index in [0.29, 0.717) is 32.7 Å². The second-order valence-corrected chi connectivity index (χ2v) is 10.0. The van der Waals surface area contributed by atoms with Gasteiger partial charge >= 0.3 is 0 Å². The molecule has 7 nitrogen and oxygen atoms in total. The summed E-state index contributed by atoms with van der Waals surface area (Å²) in [6.07, 6.45) is 6.08. The van der Waals surface area contributed by atoms with Gasteiger partial charge in [0.25, 0.3) is 0 Å². The molecule has 7 heteroatoms. The van der Waals surface area contributed by atoms with Crippen LogP contribution in [0.2, 0.25) is 0 Å². The number of piperidine rings is 1. The van der Waals surface area contributed by atoms with Crippen molar-refractivity contribution >= 4 is 11.7 Å². The van der Waals surface area contributed by atoms with Crippen LogP contribution in [0.15, 0.2) is 59.3 Å². The Labute approximate surface area is 211 Å². The minimum absolute atomic E-state index is 0.112. The Morgan fingerprint density at radius 3 is 2.67 bits per heavy atom. The molecular weight excluding hydrogens is 454 g/mol. The highest BCUT2D eigenvalue weighted by Crippen LogP contribution is 2.42. The van der Waals surface area contributed by atoms with Gasteiger partial charge in [0.2, 0.25) is 5.91 Å². The molecule has 0 saturated carbocycles. The molecule has 2 saturated heterocycles. The van der Waals surface area contributed by atoms with Crippen molar-refractivity contribution in [3.63, 3.8) is 0 Å². The van der Waals surface area contributed by atoms with E-state index in [4.69, 9.17) is 9.15 Å². The number of carbonyl (C=O) groups is 2. The summed E-state index contributed by atoms with van der Waals surface area (Å²) >= 11 is 0. The van der Waals surface area contributed by atoms with Gasteiger partial charge in [0.15, 0.2) is 5.78 Å². The largest absolute Gasteiger partial charge is 0.460 e. The number of pyridine rings is 1. The van der Waals surface area contributed by atoms with Gasteiger partial charge in [0.1, 0.15) is 11.5 Å². The molecule has 2 unspecified atom stereocenters. The van der Waals surface area contributed by atoms with Crippen molar-refractivity contribution in [1.82, 2.24) is 14.8 Å². The van der Waals surface area contributed by atoms with Gasteiger partial charge in [0, 0.05) is 61.2 Å². The molecule has 0 bridgehead atoms. The third-order valence-corrected chi connectivity index (χ3v) is 7.76. The second kappa shape index (κ2) is 9.99. The SMILES string of the molecule is O=C1c2ccccc2CC1c1cc(C2CCCN(C(=O)CN3CCOCC3)C2)oc1-c1ccncc1. The number of hydrogen-bond acceptors (Lipinski definition) is 6. The zero-order valence-corrected chi connectivity index (χ0v) is 20.4. The topological polar surface area (TPSA) is 75.9 Å². The minimum Gasteiger partial charge on any atom is -0.460 e. The molecule has 186 valence electrons. The fourth-order valence-electron chi connectivity index (χ4n) is 5.79. The van der Waals surface area contributed by atoms with Gasteiger partial charge in [-0.3, -0.25) is 19.5 Å². The Kier molecular flexibility index (Phi) is 6.42. The van der Waals surface area contributed by atoms with Crippen molar-refractivity contribution in [3.8, 4) is 11.3 Å². The smallest absolute Gasteiger partial charge is 0.236 e. The van der Waals surface area contributed by atoms with Crippen molar-refractivity contribution in [2.75, 3.05) is 45.9 Å². The number of rotatable bonds is 5. The van der Waals surface area contributed by atoms with Crippen molar-refractivity contribution in [2.24, 2.45) is 0 Å². The highest BCUT2D eigenvalue weighted by atomic mass is 16.5. The molecular formula is C29H31N3O4. The minimum atomic E-state index is -0.259. The van der Waals surface area contributed by atoms with Crippen LogP contribution in [0.1, 0.15) is 51.9 Å². The maximum atomic E-state index is 13.4. The number of benzene rings is 1. The molecule has 3 aliphatic rings. The average molecular weight is 486 g/mol. The van der Waals surface area contributed by atoms with Crippen molar-refractivity contribution in [1.29, 1.82) is 0 Å². The van der Waals surface area contributed by atoms with E-state index < -0.39 is 0 Å². The van der Waals surface area contributed by atoms with Crippen LogP contribution >= 0.6 is 0 Å². The van der Waals surface area contributed by atoms with Crippen LogP contribution in [0.5, 0.6) is 0 Å². The number of ether oxygens (including phenoxy) is 1. The zero-order valence-electron chi connectivity index (χ0n) is 20.4. The standard InChI is InChI=1S/C29H31N3O4/c33-27(19-31-12-14-35-15-13-31)32-11-3-5-22(18-32)26-17-25(29(36-26)20-7-9-30-10-8-20)24-16-21-4-1-2-6-23(21)28(24)34/h1-2,4,6-10,17,22,24H,3,5,11-16,18-19H2. The summed E-state index contributed by atoms with van der Waals surface area (Å²) in [6.45, 7) is 4.84. The summed E-state index contributed by atoms with van der Waals surface area (Å²) in [5, 5.41) is 0. The highest BCUT2D eigenvalue weighted by molar-refractivity contribution is 6.06. The van der Waals surface area contributed by atoms with Gasteiger partial charge in [0.05, 0.1) is 25.7 Å². The van der Waals surface area contributed by atoms with Gasteiger partial charge in [-0.1, -0.05) is 24.3 Å². The number of ketones is 1. The van der Waals surface area contributed by atoms with Crippen LogP contribution in [0.4, 0.5) is 0 Å². The third-order valence-electron chi connectivity index (χ3n) is 7.76. The molecule has 3 aromatic rings. The highest BCUT2D eigenvalue weighted by Gasteiger charge is 2.36. The number of amides is 1. The van der Waals surface area contributed by atoms with E-state index in [0.717, 1.165) is 66.3 Å². The summed E-state index contributed by atoms with van der Waals surface area (Å²) in [5.41, 5.74) is 3.76. The van der Waals surface area contributed by atoms with Crippen LogP contribution in [0, 0.1) is 0 Å². The lowest BCUT2D eigenvalue weighted by Crippen LogP contribution is -2.47. The number of Topliss-reactive ketones (excluding diaryl/α,β-unsaturated/α-hetero) is 1. The predicted molar refractivity (Wildman–Crippen MR) is 135 cm³/mol. The van der Waals surface area contributed by atoms with E-state index in [-0.39, 0.29) is 23.5 Å². The molecule has 1 aliphatic carbocycles. The van der Waals surface area contributed by atoms with E-state index in [9.17, 15) is 9.59 Å². The number of likely N-dealkylation sites (tertiary alicyclic amines) is 1. The average Bonchev–Trinajstić information content (AvgIpc) is 3.52. The Bertz CT molecular complexity index is 1250. The lowest BCUT2D eigenvalue weighted by Gasteiger charge is -2.34. The molecule has 6 rings (SSSR count). The molecule has 2 fully saturated rings. The lowest BCUT2D eigenvalue weighted by molar-refractivity contribution is -0.134. The number of carbonyl (C=O) groups excluding carboxylic acids is 2. The first-order valence-electron chi connectivity index (χ1n) is 12.9. The fourth-order valence-corrected chi connectivity index (χ4v) is 5.79. The first-order chi connectivity index (χ1) is 17.7. The molecule has 36 heavy (non-hydrogen) atoms. The van der Waals surface area contributed by atoms with Gasteiger partial charge in [-0.25, -0.2) is 0 Å². The maximum Gasteiger partial charge on any atom is 0.236 e. The van der Waals surface area contributed by atoms with Crippen LogP contribution in [-0.4, -0.2) is 72.4 Å². The van der Waals surface area contributed by atoms with E-state index in [1.807, 2.05) is 41.3 Å². The van der Waals surface area contributed by atoms with E-state index in [1.165, 1.54) is 0 Å². The Hall–Kier alpha value is -3.29. The molecule has 0 spiro atoms. The summed E-state index contributed by atoms with van der Waals surface area (Å²) in [7, 11) is 0. The predicted octanol–water partition coefficient (Wildman–Crippen LogP) is 3.90. The summed E-state index contributed by atoms with van der Waals surface area (Å²) in [6, 6.07) is 13.8. The van der Waals surface area contributed by atoms with E-state index in [2.05, 4.69) is 16.0 Å². The fraction of sp³-hybridized carbons (Fsp3) is 0.414. The van der Waals surface area contributed by atoms with E-state index in [1.54, 1.807) is 12.4 Å². The van der Waals surface area contributed by atoms with E-state index >= 15 is 0 Å². The first-order valence-corrected chi connectivity index (χ1v) is 12.9. The Morgan fingerprint density at radius 1 is 1.06 bits per heavy atom. The number of nitrogens with zero attached hydrogens (tertiary/aromatic N) is 3. The van der Waals surface area contributed by atoms with Crippen LogP contribution in [0.3, 0.4) is 0 Å². The molecule has 2 aromatic heterocycles. The van der Waals surface area contributed by atoms with Gasteiger partial charge < -0.3 is 14.1 Å². The van der Waals surface area contributed by atoms with Crippen molar-refractivity contribution < 1.29 is 18.7 Å². The molecule has 1 aromatic carbocycles. The quantitative estimate of drug-likeness (QED) is 0.546. The monoisotopic (exact) mass is 485 g/mol. The number of morpholine rings is 1.